The molecule has 2 N–H and O–H groups in total. The zero-order valence-corrected chi connectivity index (χ0v) is 14.8. The lowest BCUT2D eigenvalue weighted by Crippen LogP contribution is -2.37. The third-order valence-corrected chi connectivity index (χ3v) is 4.36. The van der Waals surface area contributed by atoms with Crippen LogP contribution in [0.15, 0.2) is 57.7 Å². The summed E-state index contributed by atoms with van der Waals surface area (Å²) >= 11 is 0. The third kappa shape index (κ3) is 5.21. The van der Waals surface area contributed by atoms with E-state index in [0.29, 0.717) is 12.4 Å². The van der Waals surface area contributed by atoms with Crippen LogP contribution in [0.3, 0.4) is 0 Å². The van der Waals surface area contributed by atoms with Crippen LogP contribution in [-0.4, -0.2) is 24.5 Å². The molecule has 0 unspecified atom stereocenters. The second-order valence-electron chi connectivity index (χ2n) is 6.22. The van der Waals surface area contributed by atoms with Crippen molar-refractivity contribution in [2.24, 2.45) is 4.99 Å². The number of aromatic nitrogens is 1. The molecule has 2 aromatic rings. The number of guanidine groups is 1. The molecule has 132 valence electrons. The average Bonchev–Trinajstić information content (AvgIpc) is 3.15. The summed E-state index contributed by atoms with van der Waals surface area (Å²) in [6.45, 7) is 1.48. The predicted molar refractivity (Wildman–Crippen MR) is 101 cm³/mol. The molecule has 0 aliphatic heterocycles. The van der Waals surface area contributed by atoms with Gasteiger partial charge in [0.2, 0.25) is 5.89 Å². The maximum Gasteiger partial charge on any atom is 0.226 e. The van der Waals surface area contributed by atoms with Crippen LogP contribution in [0.1, 0.15) is 37.8 Å². The van der Waals surface area contributed by atoms with Crippen LogP contribution in [-0.2, 0) is 6.54 Å². The van der Waals surface area contributed by atoms with Gasteiger partial charge in [0.25, 0.3) is 0 Å². The first-order valence-corrected chi connectivity index (χ1v) is 8.97. The molecule has 0 saturated carbocycles. The first-order valence-electron chi connectivity index (χ1n) is 8.97. The van der Waals surface area contributed by atoms with E-state index in [1.165, 1.54) is 25.7 Å². The van der Waals surface area contributed by atoms with Gasteiger partial charge in [-0.15, -0.1) is 0 Å². The van der Waals surface area contributed by atoms with Gasteiger partial charge in [-0.05, 0) is 44.2 Å². The molecule has 0 atom stereocenters. The van der Waals surface area contributed by atoms with Crippen LogP contribution in [0.2, 0.25) is 0 Å². The van der Waals surface area contributed by atoms with E-state index in [1.54, 1.807) is 18.9 Å². The minimum absolute atomic E-state index is 0.582. The molecular formula is C20H26N4O. The van der Waals surface area contributed by atoms with Crippen LogP contribution >= 0.6 is 0 Å². The smallest absolute Gasteiger partial charge is 0.226 e. The van der Waals surface area contributed by atoms with Crippen molar-refractivity contribution in [1.82, 2.24) is 15.6 Å². The fourth-order valence-corrected chi connectivity index (χ4v) is 2.97. The molecule has 5 heteroatoms. The molecule has 0 fully saturated rings. The highest BCUT2D eigenvalue weighted by Gasteiger charge is 2.07. The molecule has 0 radical (unpaired) electrons. The Balaban J connectivity index is 1.45. The maximum absolute atomic E-state index is 5.56. The summed E-state index contributed by atoms with van der Waals surface area (Å²) < 4.78 is 5.56. The number of aliphatic imine (C=N–C) groups is 1. The van der Waals surface area contributed by atoms with Gasteiger partial charge in [0.05, 0.1) is 12.2 Å². The lowest BCUT2D eigenvalue weighted by molar-refractivity contribution is 0.572. The van der Waals surface area contributed by atoms with E-state index >= 15 is 0 Å². The molecule has 1 aliphatic rings. The Labute approximate surface area is 149 Å². The van der Waals surface area contributed by atoms with Gasteiger partial charge in [-0.1, -0.05) is 29.8 Å². The van der Waals surface area contributed by atoms with E-state index in [9.17, 15) is 0 Å². The minimum Gasteiger partial charge on any atom is -0.444 e. The van der Waals surface area contributed by atoms with Gasteiger partial charge in [0.1, 0.15) is 6.26 Å². The number of rotatable bonds is 6. The second kappa shape index (κ2) is 9.06. The van der Waals surface area contributed by atoms with E-state index in [-0.39, 0.29) is 0 Å². The second-order valence-corrected chi connectivity index (χ2v) is 6.22. The summed E-state index contributed by atoms with van der Waals surface area (Å²) in [6.07, 6.45) is 10.3. The fourth-order valence-electron chi connectivity index (χ4n) is 2.97. The highest BCUT2D eigenvalue weighted by atomic mass is 16.3. The van der Waals surface area contributed by atoms with E-state index in [1.807, 2.05) is 30.3 Å². The molecule has 0 amide bonds. The first kappa shape index (κ1) is 17.3. The molecule has 1 aromatic carbocycles. The summed E-state index contributed by atoms with van der Waals surface area (Å²) in [5.41, 5.74) is 3.41. The van der Waals surface area contributed by atoms with Crippen LogP contribution in [0.4, 0.5) is 0 Å². The number of nitrogens with one attached hydrogen (secondary N) is 2. The van der Waals surface area contributed by atoms with Gasteiger partial charge < -0.3 is 15.1 Å². The van der Waals surface area contributed by atoms with Crippen LogP contribution < -0.4 is 10.6 Å². The van der Waals surface area contributed by atoms with Crippen molar-refractivity contribution in [3.05, 3.63) is 53.9 Å². The Morgan fingerprint density at radius 2 is 2.08 bits per heavy atom. The lowest BCUT2D eigenvalue weighted by atomic mass is 9.97. The molecule has 1 aromatic heterocycles. The van der Waals surface area contributed by atoms with Gasteiger partial charge >= 0.3 is 0 Å². The molecule has 0 saturated heterocycles. The molecule has 0 bridgehead atoms. The number of nitrogens with zero attached hydrogens (tertiary/aromatic N) is 2. The summed E-state index contributed by atoms with van der Waals surface area (Å²) in [5, 5.41) is 6.65. The van der Waals surface area contributed by atoms with Crippen LogP contribution in [0.5, 0.6) is 0 Å². The number of allylic oxidation sites excluding steroid dienone is 1. The van der Waals surface area contributed by atoms with E-state index in [2.05, 4.69) is 26.7 Å². The van der Waals surface area contributed by atoms with Crippen molar-refractivity contribution in [2.45, 2.75) is 38.6 Å². The standard InChI is InChI=1S/C20H26N4O/c1-21-20(22-13-12-16-8-4-2-5-9-16)23-14-18-15-25-19(24-18)17-10-6-3-7-11-17/h3,6-8,10-11,15H,2,4-5,9,12-14H2,1H3,(H2,21,22,23). The largest absolute Gasteiger partial charge is 0.444 e. The van der Waals surface area contributed by atoms with Gasteiger partial charge in [-0.25, -0.2) is 4.98 Å². The quantitative estimate of drug-likeness (QED) is 0.476. The highest BCUT2D eigenvalue weighted by molar-refractivity contribution is 5.79. The molecule has 1 aliphatic carbocycles. The van der Waals surface area contributed by atoms with Gasteiger partial charge in [-0.3, -0.25) is 4.99 Å². The molecule has 1 heterocycles. The van der Waals surface area contributed by atoms with Gasteiger partial charge in [0.15, 0.2) is 5.96 Å². The van der Waals surface area contributed by atoms with E-state index < -0.39 is 0 Å². The molecule has 0 spiro atoms. The number of hydrogen-bond acceptors (Lipinski definition) is 3. The highest BCUT2D eigenvalue weighted by Crippen LogP contribution is 2.19. The van der Waals surface area contributed by atoms with E-state index in [4.69, 9.17) is 4.42 Å². The summed E-state index contributed by atoms with van der Waals surface area (Å²) in [7, 11) is 1.79. The van der Waals surface area contributed by atoms with Gasteiger partial charge in [0, 0.05) is 19.2 Å². The number of benzene rings is 1. The Kier molecular flexibility index (Phi) is 6.26. The molecule has 5 nitrogen and oxygen atoms in total. The minimum atomic E-state index is 0.582. The van der Waals surface area contributed by atoms with Gasteiger partial charge in [-0.2, -0.15) is 0 Å². The number of hydrogen-bond donors (Lipinski definition) is 2. The van der Waals surface area contributed by atoms with Crippen molar-refractivity contribution >= 4 is 5.96 Å². The molecular weight excluding hydrogens is 312 g/mol. The Bertz CT molecular complexity index is 718. The van der Waals surface area contributed by atoms with Crippen molar-refractivity contribution in [2.75, 3.05) is 13.6 Å². The van der Waals surface area contributed by atoms with Crippen molar-refractivity contribution in [3.63, 3.8) is 0 Å². The number of oxazole rings is 1. The normalized spacial score (nSPS) is 14.9. The maximum atomic E-state index is 5.56. The fraction of sp³-hybridized carbons (Fsp3) is 0.400. The Hall–Kier alpha value is -2.56. The monoisotopic (exact) mass is 338 g/mol. The van der Waals surface area contributed by atoms with Crippen LogP contribution in [0, 0.1) is 0 Å². The van der Waals surface area contributed by atoms with Crippen molar-refractivity contribution in [1.29, 1.82) is 0 Å². The topological polar surface area (TPSA) is 62.5 Å². The van der Waals surface area contributed by atoms with Crippen molar-refractivity contribution < 1.29 is 4.42 Å². The SMILES string of the molecule is CN=C(NCCC1=CCCCC1)NCc1coc(-c2ccccc2)n1. The lowest BCUT2D eigenvalue weighted by Gasteiger charge is -2.14. The Morgan fingerprint density at radius 3 is 2.84 bits per heavy atom. The zero-order chi connectivity index (χ0) is 17.3. The third-order valence-electron chi connectivity index (χ3n) is 4.36. The van der Waals surface area contributed by atoms with Crippen LogP contribution in [0.25, 0.3) is 11.5 Å². The molecule has 25 heavy (non-hydrogen) atoms. The van der Waals surface area contributed by atoms with Crippen molar-refractivity contribution in [3.8, 4) is 11.5 Å². The first-order chi connectivity index (χ1) is 12.3. The Morgan fingerprint density at radius 1 is 1.20 bits per heavy atom. The summed E-state index contributed by atoms with van der Waals surface area (Å²) in [6, 6.07) is 9.91. The average molecular weight is 338 g/mol. The molecule has 3 rings (SSSR count). The summed E-state index contributed by atoms with van der Waals surface area (Å²) in [5.74, 6) is 1.44. The predicted octanol–water partition coefficient (Wildman–Crippen LogP) is 3.90. The van der Waals surface area contributed by atoms with E-state index in [0.717, 1.165) is 30.2 Å². The summed E-state index contributed by atoms with van der Waals surface area (Å²) in [4.78, 5) is 8.79. The zero-order valence-electron chi connectivity index (χ0n) is 14.8.